The maximum atomic E-state index is 13.5. The summed E-state index contributed by atoms with van der Waals surface area (Å²) in [6, 6.07) is 11.6. The molecule has 3 aliphatic rings. The number of benzene rings is 2. The lowest BCUT2D eigenvalue weighted by atomic mass is 9.94. The highest BCUT2D eigenvalue weighted by molar-refractivity contribution is 6.30. The molecule has 3 heterocycles. The maximum Gasteiger partial charge on any atom is 0.308 e. The van der Waals surface area contributed by atoms with Crippen molar-refractivity contribution in [1.29, 1.82) is 0 Å². The molecule has 1 fully saturated rings. The van der Waals surface area contributed by atoms with E-state index < -0.39 is 24.1 Å². The molecule has 2 aromatic carbocycles. The number of ether oxygens (including phenoxy) is 3. The second kappa shape index (κ2) is 11.3. The highest BCUT2D eigenvalue weighted by Crippen LogP contribution is 2.46. The van der Waals surface area contributed by atoms with Crippen LogP contribution >= 0.6 is 11.6 Å². The number of hydrogen-bond acceptors (Lipinski definition) is 6. The minimum atomic E-state index is -0.849. The van der Waals surface area contributed by atoms with Gasteiger partial charge in [-0.25, -0.2) is 0 Å². The number of fused-ring (bicyclic) bond motifs is 2. The molecule has 39 heavy (non-hydrogen) atoms. The van der Waals surface area contributed by atoms with Crippen molar-refractivity contribution >= 4 is 29.2 Å². The molecule has 1 saturated heterocycles. The van der Waals surface area contributed by atoms with Gasteiger partial charge in [0, 0.05) is 48.0 Å². The molecule has 1 N–H and O–H groups in total. The first-order chi connectivity index (χ1) is 18.6. The van der Waals surface area contributed by atoms with Crippen LogP contribution in [0.1, 0.15) is 57.3 Å². The zero-order valence-electron chi connectivity index (χ0n) is 22.8. The average Bonchev–Trinajstić information content (AvgIpc) is 3.03. The number of aliphatic carboxylic acids is 1. The van der Waals surface area contributed by atoms with Crippen molar-refractivity contribution in [3.63, 3.8) is 0 Å². The Hall–Kier alpha value is -2.97. The highest BCUT2D eigenvalue weighted by atomic mass is 35.5. The van der Waals surface area contributed by atoms with E-state index in [0.29, 0.717) is 55.7 Å². The molecule has 3 atom stereocenters. The van der Waals surface area contributed by atoms with Gasteiger partial charge in [-0.05, 0) is 42.5 Å². The van der Waals surface area contributed by atoms with E-state index in [9.17, 15) is 14.7 Å². The van der Waals surface area contributed by atoms with E-state index in [1.807, 2.05) is 36.4 Å². The third kappa shape index (κ3) is 6.28. The predicted molar refractivity (Wildman–Crippen MR) is 149 cm³/mol. The van der Waals surface area contributed by atoms with Crippen molar-refractivity contribution < 1.29 is 28.9 Å². The van der Waals surface area contributed by atoms with E-state index in [1.165, 1.54) is 0 Å². The van der Waals surface area contributed by atoms with E-state index in [1.54, 1.807) is 4.90 Å². The van der Waals surface area contributed by atoms with E-state index in [4.69, 9.17) is 25.8 Å². The zero-order chi connectivity index (χ0) is 27.7. The summed E-state index contributed by atoms with van der Waals surface area (Å²) in [5, 5.41) is 10.1. The van der Waals surface area contributed by atoms with Crippen molar-refractivity contribution in [2.75, 3.05) is 44.3 Å². The minimum absolute atomic E-state index is 0.0181. The summed E-state index contributed by atoms with van der Waals surface area (Å²) in [4.78, 5) is 29.1. The van der Waals surface area contributed by atoms with E-state index >= 15 is 0 Å². The summed E-state index contributed by atoms with van der Waals surface area (Å²) in [6.07, 6.45) is 0.451. The van der Waals surface area contributed by atoms with Crippen molar-refractivity contribution in [2.24, 2.45) is 11.3 Å². The van der Waals surface area contributed by atoms with Gasteiger partial charge >= 0.3 is 5.97 Å². The number of likely N-dealkylation sites (tertiary alicyclic amines) is 1. The maximum absolute atomic E-state index is 13.5. The molecule has 0 spiro atoms. The monoisotopic (exact) mass is 556 g/mol. The number of para-hydroxylation sites is 1. The number of carbonyl (C=O) groups is 2. The number of halogens is 1. The fourth-order valence-corrected chi connectivity index (χ4v) is 5.96. The smallest absolute Gasteiger partial charge is 0.308 e. The van der Waals surface area contributed by atoms with Crippen molar-refractivity contribution in [2.45, 2.75) is 52.2 Å². The normalized spacial score (nSPS) is 23.1. The van der Waals surface area contributed by atoms with E-state index in [-0.39, 0.29) is 24.3 Å². The Bertz CT molecular complexity index is 1230. The van der Waals surface area contributed by atoms with Crippen LogP contribution in [0.4, 0.5) is 5.69 Å². The SMILES string of the molecule is CC(C)(C)CN1C[C@H](CC(=O)N2CCC[C@@H](C(=O)O)C2)O[C@@H](c2cccc3c2OCCO3)c2cc(Cl)ccc21. The highest BCUT2D eigenvalue weighted by Gasteiger charge is 2.37. The average molecular weight is 557 g/mol. The fraction of sp³-hybridized carbons (Fsp3) is 0.533. The molecule has 210 valence electrons. The van der Waals surface area contributed by atoms with Gasteiger partial charge in [-0.1, -0.05) is 44.5 Å². The van der Waals surface area contributed by atoms with Crippen LogP contribution in [-0.2, 0) is 14.3 Å². The number of rotatable bonds is 5. The lowest BCUT2D eigenvalue weighted by Gasteiger charge is -2.34. The summed E-state index contributed by atoms with van der Waals surface area (Å²) in [6.45, 7) is 9.54. The molecule has 0 bridgehead atoms. The minimum Gasteiger partial charge on any atom is -0.486 e. The van der Waals surface area contributed by atoms with Crippen molar-refractivity contribution in [3.8, 4) is 11.5 Å². The molecular weight excluding hydrogens is 520 g/mol. The van der Waals surface area contributed by atoms with Crippen LogP contribution in [0.3, 0.4) is 0 Å². The summed E-state index contributed by atoms with van der Waals surface area (Å²) in [7, 11) is 0. The summed E-state index contributed by atoms with van der Waals surface area (Å²) in [5.41, 5.74) is 2.73. The number of carbonyl (C=O) groups excluding carboxylic acids is 1. The standard InChI is InChI=1S/C30H37ClN2O6/c1-30(2,3)18-33-17-21(15-26(34)32-11-5-6-19(16-32)29(35)36)39-27(23-14-20(31)9-10-24(23)33)22-7-4-8-25-28(22)38-13-12-37-25/h4,7-10,14,19,21,27H,5-6,11-13,15-18H2,1-3H3,(H,35,36)/t19-,21+,27+/m1/s1. The fourth-order valence-electron chi connectivity index (χ4n) is 5.78. The van der Waals surface area contributed by atoms with Crippen LogP contribution < -0.4 is 14.4 Å². The topological polar surface area (TPSA) is 88.5 Å². The molecule has 3 aliphatic heterocycles. The van der Waals surface area contributed by atoms with Crippen LogP contribution in [0.15, 0.2) is 36.4 Å². The predicted octanol–water partition coefficient (Wildman–Crippen LogP) is 5.17. The van der Waals surface area contributed by atoms with Gasteiger partial charge in [0.2, 0.25) is 5.91 Å². The van der Waals surface area contributed by atoms with Crippen LogP contribution in [0, 0.1) is 11.3 Å². The van der Waals surface area contributed by atoms with Crippen molar-refractivity contribution in [3.05, 3.63) is 52.5 Å². The van der Waals surface area contributed by atoms with Gasteiger partial charge in [0.25, 0.3) is 0 Å². The zero-order valence-corrected chi connectivity index (χ0v) is 23.6. The Labute approximate surface area is 234 Å². The Morgan fingerprint density at radius 3 is 2.64 bits per heavy atom. The first-order valence-corrected chi connectivity index (χ1v) is 14.1. The van der Waals surface area contributed by atoms with Gasteiger partial charge in [-0.2, -0.15) is 0 Å². The number of nitrogens with zero attached hydrogens (tertiary/aromatic N) is 2. The van der Waals surface area contributed by atoms with Gasteiger partial charge in [-0.3, -0.25) is 9.59 Å². The lowest BCUT2D eigenvalue weighted by molar-refractivity contribution is -0.146. The number of piperidine rings is 1. The molecule has 0 radical (unpaired) electrons. The third-order valence-corrected chi connectivity index (χ3v) is 7.67. The quantitative estimate of drug-likeness (QED) is 0.544. The summed E-state index contributed by atoms with van der Waals surface area (Å²) in [5.74, 6) is -0.142. The van der Waals surface area contributed by atoms with E-state index in [0.717, 1.165) is 23.4 Å². The molecule has 9 heteroatoms. The molecule has 8 nitrogen and oxygen atoms in total. The molecule has 5 rings (SSSR count). The molecular formula is C30H37ClN2O6. The first-order valence-electron chi connectivity index (χ1n) is 13.7. The van der Waals surface area contributed by atoms with Crippen LogP contribution in [-0.4, -0.2) is 67.4 Å². The third-order valence-electron chi connectivity index (χ3n) is 7.44. The lowest BCUT2D eigenvalue weighted by Crippen LogP contribution is -2.45. The molecule has 1 amide bonds. The molecule has 0 aromatic heterocycles. The second-order valence-electron chi connectivity index (χ2n) is 11.9. The Kier molecular flexibility index (Phi) is 7.96. The largest absolute Gasteiger partial charge is 0.486 e. The van der Waals surface area contributed by atoms with Gasteiger partial charge in [0.1, 0.15) is 19.3 Å². The number of hydrogen-bond donors (Lipinski definition) is 1. The Morgan fingerprint density at radius 1 is 1.08 bits per heavy atom. The molecule has 0 unspecified atom stereocenters. The van der Waals surface area contributed by atoms with Gasteiger partial charge < -0.3 is 29.1 Å². The van der Waals surface area contributed by atoms with Gasteiger partial charge in [0.05, 0.1) is 18.4 Å². The number of anilines is 1. The van der Waals surface area contributed by atoms with Gasteiger partial charge in [0.15, 0.2) is 11.5 Å². The van der Waals surface area contributed by atoms with Crippen molar-refractivity contribution in [1.82, 2.24) is 4.90 Å². The van der Waals surface area contributed by atoms with Crippen LogP contribution in [0.2, 0.25) is 5.02 Å². The number of carboxylic acid groups (broad SMARTS) is 1. The summed E-state index contributed by atoms with van der Waals surface area (Å²) < 4.78 is 18.7. The van der Waals surface area contributed by atoms with Crippen LogP contribution in [0.5, 0.6) is 11.5 Å². The Morgan fingerprint density at radius 2 is 1.87 bits per heavy atom. The molecule has 0 aliphatic carbocycles. The van der Waals surface area contributed by atoms with Gasteiger partial charge in [-0.15, -0.1) is 0 Å². The second-order valence-corrected chi connectivity index (χ2v) is 12.3. The molecule has 2 aromatic rings. The Balaban J connectivity index is 1.52. The van der Waals surface area contributed by atoms with E-state index in [2.05, 4.69) is 25.7 Å². The summed E-state index contributed by atoms with van der Waals surface area (Å²) >= 11 is 6.53. The van der Waals surface area contributed by atoms with Crippen LogP contribution in [0.25, 0.3) is 0 Å². The number of carboxylic acids is 1. The molecule has 0 saturated carbocycles. The number of amides is 1. The first kappa shape index (κ1) is 27.6.